The molecule has 4 rings (SSSR count). The first kappa shape index (κ1) is 23.0. The fourth-order valence-corrected chi connectivity index (χ4v) is 4.19. The summed E-state index contributed by atoms with van der Waals surface area (Å²) in [6.07, 6.45) is 6.41. The number of carbonyl (C=O) groups is 2. The van der Waals surface area contributed by atoms with Gasteiger partial charge in [-0.15, -0.1) is 0 Å². The highest BCUT2D eigenvalue weighted by molar-refractivity contribution is 5.94. The molecule has 2 fully saturated rings. The van der Waals surface area contributed by atoms with E-state index in [1.165, 1.54) is 0 Å². The molecule has 2 aromatic rings. The van der Waals surface area contributed by atoms with Crippen molar-refractivity contribution < 1.29 is 19.1 Å². The highest BCUT2D eigenvalue weighted by atomic mass is 16.6. The number of para-hydroxylation sites is 1. The summed E-state index contributed by atoms with van der Waals surface area (Å²) in [5.41, 5.74) is 0.752. The van der Waals surface area contributed by atoms with Crippen LogP contribution in [0.2, 0.25) is 0 Å². The van der Waals surface area contributed by atoms with Gasteiger partial charge in [-0.2, -0.15) is 0 Å². The number of nitrogens with zero attached hydrogens (tertiary/aromatic N) is 4. The molecule has 0 radical (unpaired) electrons. The maximum Gasteiger partial charge on any atom is 0.410 e. The zero-order valence-corrected chi connectivity index (χ0v) is 19.8. The molecular weight excluding hydrogens is 420 g/mol. The molecule has 2 amide bonds. The van der Waals surface area contributed by atoms with Gasteiger partial charge in [-0.25, -0.2) is 14.8 Å². The number of aromatic nitrogens is 2. The maximum atomic E-state index is 13.4. The Kier molecular flexibility index (Phi) is 6.54. The van der Waals surface area contributed by atoms with Crippen LogP contribution in [0.5, 0.6) is 5.75 Å². The van der Waals surface area contributed by atoms with Gasteiger partial charge in [0.05, 0.1) is 18.2 Å². The minimum atomic E-state index is -0.514. The van der Waals surface area contributed by atoms with Crippen molar-refractivity contribution >= 4 is 12.0 Å². The van der Waals surface area contributed by atoms with Crippen molar-refractivity contribution in [2.75, 3.05) is 20.2 Å². The van der Waals surface area contributed by atoms with Crippen LogP contribution in [0.25, 0.3) is 11.4 Å². The van der Waals surface area contributed by atoms with Crippen LogP contribution < -0.4 is 4.74 Å². The molecule has 0 spiro atoms. The lowest BCUT2D eigenvalue weighted by atomic mass is 10.0. The van der Waals surface area contributed by atoms with Crippen molar-refractivity contribution in [2.45, 2.75) is 64.1 Å². The summed E-state index contributed by atoms with van der Waals surface area (Å²) in [5, 5.41) is 0. The van der Waals surface area contributed by atoms with Crippen molar-refractivity contribution in [3.8, 4) is 17.1 Å². The average molecular weight is 453 g/mol. The Hall–Kier alpha value is -3.16. The van der Waals surface area contributed by atoms with Gasteiger partial charge < -0.3 is 19.3 Å². The Morgan fingerprint density at radius 1 is 1.00 bits per heavy atom. The number of methoxy groups -OCH3 is 1. The second-order valence-electron chi connectivity index (χ2n) is 9.64. The Morgan fingerprint density at radius 2 is 1.61 bits per heavy atom. The number of amides is 2. The fraction of sp³-hybridized carbons (Fsp3) is 0.520. The normalized spacial score (nSPS) is 16.9. The van der Waals surface area contributed by atoms with Crippen LogP contribution in [0.3, 0.4) is 0 Å². The lowest BCUT2D eigenvalue weighted by Gasteiger charge is -2.39. The van der Waals surface area contributed by atoms with Crippen molar-refractivity contribution in [1.82, 2.24) is 19.8 Å². The fourth-order valence-electron chi connectivity index (χ4n) is 4.19. The summed E-state index contributed by atoms with van der Waals surface area (Å²) in [5.74, 6) is 1.17. The molecule has 176 valence electrons. The smallest absolute Gasteiger partial charge is 0.410 e. The summed E-state index contributed by atoms with van der Waals surface area (Å²) in [6.45, 7) is 6.77. The van der Waals surface area contributed by atoms with Crippen molar-refractivity contribution in [3.05, 3.63) is 42.2 Å². The Balaban J connectivity index is 1.44. The lowest BCUT2D eigenvalue weighted by Crippen LogP contribution is -2.50. The molecule has 1 aliphatic carbocycles. The number of benzene rings is 1. The molecule has 1 aromatic heterocycles. The topological polar surface area (TPSA) is 84.9 Å². The van der Waals surface area contributed by atoms with E-state index in [2.05, 4.69) is 9.97 Å². The van der Waals surface area contributed by atoms with Gasteiger partial charge in [0, 0.05) is 37.6 Å². The first-order valence-electron chi connectivity index (χ1n) is 11.5. The molecule has 1 aliphatic heterocycles. The van der Waals surface area contributed by atoms with E-state index in [1.54, 1.807) is 24.4 Å². The number of hydrogen-bond donors (Lipinski definition) is 0. The molecule has 8 heteroatoms. The van der Waals surface area contributed by atoms with Crippen LogP contribution in [0.1, 0.15) is 56.8 Å². The number of piperidine rings is 1. The molecule has 1 saturated carbocycles. The Labute approximate surface area is 194 Å². The standard InChI is InChI=1S/C25H32N4O4/c1-25(2,3)33-24(31)28-13-11-19(12-14-28)29(18-9-10-18)23(30)17-15-26-22(27-16-17)20-7-5-6-8-21(20)32-4/h5-8,15-16,18-19H,9-14H2,1-4H3. The second kappa shape index (κ2) is 9.37. The van der Waals surface area contributed by atoms with Crippen LogP contribution in [-0.4, -0.2) is 69.7 Å². The third-order valence-electron chi connectivity index (χ3n) is 5.93. The molecule has 0 unspecified atom stereocenters. The van der Waals surface area contributed by atoms with E-state index in [1.807, 2.05) is 49.9 Å². The summed E-state index contributed by atoms with van der Waals surface area (Å²) in [7, 11) is 1.61. The number of likely N-dealkylation sites (tertiary alicyclic amines) is 1. The highest BCUT2D eigenvalue weighted by Gasteiger charge is 2.40. The highest BCUT2D eigenvalue weighted by Crippen LogP contribution is 2.34. The van der Waals surface area contributed by atoms with Crippen molar-refractivity contribution in [3.63, 3.8) is 0 Å². The molecule has 0 atom stereocenters. The Morgan fingerprint density at radius 3 is 2.18 bits per heavy atom. The van der Waals surface area contributed by atoms with E-state index in [0.717, 1.165) is 31.2 Å². The van der Waals surface area contributed by atoms with Gasteiger partial charge in [0.15, 0.2) is 5.82 Å². The predicted molar refractivity (Wildman–Crippen MR) is 124 cm³/mol. The quantitative estimate of drug-likeness (QED) is 0.677. The molecule has 0 bridgehead atoms. The van der Waals surface area contributed by atoms with Gasteiger partial charge >= 0.3 is 6.09 Å². The van der Waals surface area contributed by atoms with Crippen LogP contribution >= 0.6 is 0 Å². The summed E-state index contributed by atoms with van der Waals surface area (Å²) in [6, 6.07) is 7.89. The maximum absolute atomic E-state index is 13.4. The first-order chi connectivity index (χ1) is 15.8. The molecule has 33 heavy (non-hydrogen) atoms. The van der Waals surface area contributed by atoms with Gasteiger partial charge in [0.2, 0.25) is 0 Å². The number of ether oxygens (including phenoxy) is 2. The van der Waals surface area contributed by atoms with Gasteiger partial charge in [0.25, 0.3) is 5.91 Å². The Bertz CT molecular complexity index is 990. The molecule has 1 aromatic carbocycles. The number of hydrogen-bond acceptors (Lipinski definition) is 6. The van der Waals surface area contributed by atoms with E-state index in [9.17, 15) is 9.59 Å². The van der Waals surface area contributed by atoms with Gasteiger partial charge in [-0.3, -0.25) is 4.79 Å². The minimum absolute atomic E-state index is 0.0419. The summed E-state index contributed by atoms with van der Waals surface area (Å²) < 4.78 is 10.9. The molecule has 0 N–H and O–H groups in total. The van der Waals surface area contributed by atoms with Gasteiger partial charge in [0.1, 0.15) is 11.4 Å². The molecule has 2 heterocycles. The third-order valence-corrected chi connectivity index (χ3v) is 5.93. The predicted octanol–water partition coefficient (Wildman–Crippen LogP) is 4.16. The monoisotopic (exact) mass is 452 g/mol. The summed E-state index contributed by atoms with van der Waals surface area (Å²) in [4.78, 5) is 38.4. The van der Waals surface area contributed by atoms with E-state index >= 15 is 0 Å². The van der Waals surface area contributed by atoms with Gasteiger partial charge in [-0.05, 0) is 58.6 Å². The minimum Gasteiger partial charge on any atom is -0.496 e. The van der Waals surface area contributed by atoms with E-state index in [-0.39, 0.29) is 24.1 Å². The van der Waals surface area contributed by atoms with Crippen molar-refractivity contribution in [2.24, 2.45) is 0 Å². The molecular formula is C25H32N4O4. The largest absolute Gasteiger partial charge is 0.496 e. The van der Waals surface area contributed by atoms with E-state index in [4.69, 9.17) is 9.47 Å². The van der Waals surface area contributed by atoms with Crippen LogP contribution in [0.4, 0.5) is 4.79 Å². The van der Waals surface area contributed by atoms with Crippen LogP contribution in [-0.2, 0) is 4.74 Å². The average Bonchev–Trinajstić information content (AvgIpc) is 3.63. The van der Waals surface area contributed by atoms with Crippen LogP contribution in [0, 0.1) is 0 Å². The van der Waals surface area contributed by atoms with E-state index < -0.39 is 5.60 Å². The zero-order chi connectivity index (χ0) is 23.6. The molecule has 8 nitrogen and oxygen atoms in total. The summed E-state index contributed by atoms with van der Waals surface area (Å²) >= 11 is 0. The van der Waals surface area contributed by atoms with Gasteiger partial charge in [-0.1, -0.05) is 12.1 Å². The lowest BCUT2D eigenvalue weighted by molar-refractivity contribution is 0.0142. The first-order valence-corrected chi connectivity index (χ1v) is 11.5. The number of carbonyl (C=O) groups excluding carboxylic acids is 2. The number of rotatable bonds is 5. The molecule has 2 aliphatic rings. The molecule has 1 saturated heterocycles. The van der Waals surface area contributed by atoms with Crippen molar-refractivity contribution in [1.29, 1.82) is 0 Å². The third kappa shape index (κ3) is 5.43. The second-order valence-corrected chi connectivity index (χ2v) is 9.64. The van der Waals surface area contributed by atoms with Crippen LogP contribution in [0.15, 0.2) is 36.7 Å². The zero-order valence-electron chi connectivity index (χ0n) is 19.8. The van der Waals surface area contributed by atoms with E-state index in [0.29, 0.717) is 30.2 Å². The SMILES string of the molecule is COc1ccccc1-c1ncc(C(=O)N(C2CC2)C2CCN(C(=O)OC(C)(C)C)CC2)cn1.